The van der Waals surface area contributed by atoms with Crippen LogP contribution in [0.2, 0.25) is 0 Å². The first-order chi connectivity index (χ1) is 7.79. The number of ether oxygens (including phenoxy) is 1. The third-order valence-corrected chi connectivity index (χ3v) is 2.58. The van der Waals surface area contributed by atoms with Crippen molar-refractivity contribution >= 4 is 5.84 Å². The number of oxime groups is 1. The molecule has 0 radical (unpaired) electrons. The second-order valence-electron chi connectivity index (χ2n) is 3.73. The fraction of sp³-hybridized carbons (Fsp3) is 0.500. The van der Waals surface area contributed by atoms with Crippen LogP contribution in [0.5, 0.6) is 6.01 Å². The van der Waals surface area contributed by atoms with E-state index in [1.165, 1.54) is 19.0 Å². The van der Waals surface area contributed by atoms with E-state index in [-0.39, 0.29) is 18.0 Å². The Kier molecular flexibility index (Phi) is 3.19. The van der Waals surface area contributed by atoms with Crippen molar-refractivity contribution in [2.24, 2.45) is 10.9 Å². The predicted molar refractivity (Wildman–Crippen MR) is 57.4 cm³/mol. The lowest BCUT2D eigenvalue weighted by atomic mass is 10.3. The molecule has 0 aliphatic heterocycles. The van der Waals surface area contributed by atoms with Gasteiger partial charge in [0.15, 0.2) is 5.84 Å². The number of nitrogens with two attached hydrogens (primary N) is 1. The molecule has 0 bridgehead atoms. The Labute approximate surface area is 93.2 Å². The Balaban J connectivity index is 2.09. The van der Waals surface area contributed by atoms with Gasteiger partial charge in [-0.05, 0) is 31.7 Å². The zero-order chi connectivity index (χ0) is 11.4. The van der Waals surface area contributed by atoms with Crippen LogP contribution in [-0.4, -0.2) is 27.1 Å². The normalized spacial score (nSPS) is 17.6. The molecule has 1 aliphatic rings. The highest BCUT2D eigenvalue weighted by Crippen LogP contribution is 2.21. The van der Waals surface area contributed by atoms with E-state index in [0.29, 0.717) is 5.69 Å². The number of aromatic nitrogens is 2. The molecule has 1 heterocycles. The summed E-state index contributed by atoms with van der Waals surface area (Å²) in [4.78, 5) is 8.05. The molecule has 86 valence electrons. The molecule has 6 nitrogen and oxygen atoms in total. The summed E-state index contributed by atoms with van der Waals surface area (Å²) in [5.74, 6) is -0.0429. The first kappa shape index (κ1) is 10.7. The van der Waals surface area contributed by atoms with Crippen LogP contribution in [0.3, 0.4) is 0 Å². The van der Waals surface area contributed by atoms with E-state index in [0.717, 1.165) is 12.8 Å². The molecule has 0 saturated heterocycles. The van der Waals surface area contributed by atoms with Gasteiger partial charge in [0.25, 0.3) is 0 Å². The summed E-state index contributed by atoms with van der Waals surface area (Å²) in [5, 5.41) is 11.4. The van der Waals surface area contributed by atoms with Crippen molar-refractivity contribution in [2.75, 3.05) is 0 Å². The maximum absolute atomic E-state index is 8.53. The lowest BCUT2D eigenvalue weighted by Crippen LogP contribution is -2.18. The molecule has 16 heavy (non-hydrogen) atoms. The molecule has 1 aliphatic carbocycles. The summed E-state index contributed by atoms with van der Waals surface area (Å²) in [6.45, 7) is 0. The summed E-state index contributed by atoms with van der Waals surface area (Å²) in [6, 6.07) is 1.85. The van der Waals surface area contributed by atoms with Crippen LogP contribution in [0, 0.1) is 0 Å². The summed E-state index contributed by atoms with van der Waals surface area (Å²) in [5.41, 5.74) is 5.79. The van der Waals surface area contributed by atoms with Gasteiger partial charge in [-0.25, -0.2) is 4.98 Å². The van der Waals surface area contributed by atoms with Crippen LogP contribution in [0.25, 0.3) is 0 Å². The molecule has 1 aromatic rings. The molecule has 0 unspecified atom stereocenters. The standard InChI is InChI=1S/C10H14N4O2/c11-9(14-15)8-5-6-12-10(13-8)16-7-3-1-2-4-7/h5-7,15H,1-4H2,(H2,11,14). The lowest BCUT2D eigenvalue weighted by molar-refractivity contribution is 0.192. The van der Waals surface area contributed by atoms with E-state index >= 15 is 0 Å². The van der Waals surface area contributed by atoms with Crippen LogP contribution < -0.4 is 10.5 Å². The highest BCUT2D eigenvalue weighted by atomic mass is 16.5. The first-order valence-electron chi connectivity index (χ1n) is 5.27. The number of nitrogens with zero attached hydrogens (tertiary/aromatic N) is 3. The number of hydrogen-bond donors (Lipinski definition) is 2. The molecule has 0 atom stereocenters. The quantitative estimate of drug-likeness (QED) is 0.343. The average molecular weight is 222 g/mol. The molecule has 2 rings (SSSR count). The summed E-state index contributed by atoms with van der Waals surface area (Å²) < 4.78 is 5.60. The zero-order valence-corrected chi connectivity index (χ0v) is 8.83. The molecule has 6 heteroatoms. The average Bonchev–Trinajstić information content (AvgIpc) is 2.81. The van der Waals surface area contributed by atoms with Gasteiger partial charge in [-0.3, -0.25) is 0 Å². The SMILES string of the molecule is N/C(=N/O)c1ccnc(OC2CCCC2)n1. The Hall–Kier alpha value is -1.85. The minimum absolute atomic E-state index is 0.0429. The Bertz CT molecular complexity index is 388. The third kappa shape index (κ3) is 2.39. The molecule has 3 N–H and O–H groups in total. The van der Waals surface area contributed by atoms with E-state index in [9.17, 15) is 0 Å². The van der Waals surface area contributed by atoms with Gasteiger partial charge in [0.1, 0.15) is 11.8 Å². The largest absolute Gasteiger partial charge is 0.460 e. The lowest BCUT2D eigenvalue weighted by Gasteiger charge is -2.10. The fourth-order valence-electron chi connectivity index (χ4n) is 1.75. The van der Waals surface area contributed by atoms with Gasteiger partial charge in [-0.1, -0.05) is 5.16 Å². The smallest absolute Gasteiger partial charge is 0.317 e. The molecular weight excluding hydrogens is 208 g/mol. The van der Waals surface area contributed by atoms with Crippen LogP contribution in [0.4, 0.5) is 0 Å². The monoisotopic (exact) mass is 222 g/mol. The summed E-state index contributed by atoms with van der Waals surface area (Å²) in [6.07, 6.45) is 6.18. The van der Waals surface area contributed by atoms with Crippen molar-refractivity contribution in [3.63, 3.8) is 0 Å². The molecule has 0 aromatic carbocycles. The third-order valence-electron chi connectivity index (χ3n) is 2.58. The van der Waals surface area contributed by atoms with Crippen LogP contribution in [0.1, 0.15) is 31.4 Å². The molecule has 1 saturated carbocycles. The van der Waals surface area contributed by atoms with E-state index in [2.05, 4.69) is 15.1 Å². The van der Waals surface area contributed by atoms with Crippen molar-refractivity contribution in [3.8, 4) is 6.01 Å². The van der Waals surface area contributed by atoms with Gasteiger partial charge in [-0.2, -0.15) is 4.98 Å². The molecule has 1 fully saturated rings. The van der Waals surface area contributed by atoms with E-state index < -0.39 is 0 Å². The summed E-state index contributed by atoms with van der Waals surface area (Å²) in [7, 11) is 0. The van der Waals surface area contributed by atoms with Gasteiger partial charge in [0.05, 0.1) is 0 Å². The second-order valence-corrected chi connectivity index (χ2v) is 3.73. The summed E-state index contributed by atoms with van der Waals surface area (Å²) >= 11 is 0. The van der Waals surface area contributed by atoms with Gasteiger partial charge >= 0.3 is 6.01 Å². The fourth-order valence-corrected chi connectivity index (χ4v) is 1.75. The van der Waals surface area contributed by atoms with Crippen LogP contribution in [-0.2, 0) is 0 Å². The van der Waals surface area contributed by atoms with Crippen molar-refractivity contribution < 1.29 is 9.94 Å². The molecule has 0 spiro atoms. The van der Waals surface area contributed by atoms with E-state index in [1.54, 1.807) is 6.07 Å². The van der Waals surface area contributed by atoms with Crippen molar-refractivity contribution in [2.45, 2.75) is 31.8 Å². The van der Waals surface area contributed by atoms with Crippen LogP contribution >= 0.6 is 0 Å². The Morgan fingerprint density at radius 3 is 2.94 bits per heavy atom. The zero-order valence-electron chi connectivity index (χ0n) is 8.83. The Morgan fingerprint density at radius 2 is 2.25 bits per heavy atom. The van der Waals surface area contributed by atoms with Gasteiger partial charge in [0, 0.05) is 6.20 Å². The predicted octanol–water partition coefficient (Wildman–Crippen LogP) is 0.892. The van der Waals surface area contributed by atoms with Crippen molar-refractivity contribution in [1.29, 1.82) is 0 Å². The highest BCUT2D eigenvalue weighted by Gasteiger charge is 2.17. The highest BCUT2D eigenvalue weighted by molar-refractivity contribution is 5.95. The van der Waals surface area contributed by atoms with Gasteiger partial charge in [0.2, 0.25) is 0 Å². The number of amidine groups is 1. The van der Waals surface area contributed by atoms with Gasteiger partial charge in [-0.15, -0.1) is 0 Å². The molecule has 0 amide bonds. The second kappa shape index (κ2) is 4.78. The molecular formula is C10H14N4O2. The number of hydrogen-bond acceptors (Lipinski definition) is 5. The van der Waals surface area contributed by atoms with E-state index in [1.807, 2.05) is 0 Å². The maximum atomic E-state index is 8.53. The topological polar surface area (TPSA) is 93.6 Å². The minimum atomic E-state index is -0.0429. The van der Waals surface area contributed by atoms with Gasteiger partial charge < -0.3 is 15.7 Å². The van der Waals surface area contributed by atoms with Crippen molar-refractivity contribution in [1.82, 2.24) is 9.97 Å². The Morgan fingerprint density at radius 1 is 1.50 bits per heavy atom. The minimum Gasteiger partial charge on any atom is -0.460 e. The van der Waals surface area contributed by atoms with E-state index in [4.69, 9.17) is 15.7 Å². The van der Waals surface area contributed by atoms with Crippen molar-refractivity contribution in [3.05, 3.63) is 18.0 Å². The van der Waals surface area contributed by atoms with Crippen LogP contribution in [0.15, 0.2) is 17.4 Å². The number of rotatable bonds is 3. The first-order valence-corrected chi connectivity index (χ1v) is 5.27. The molecule has 1 aromatic heterocycles. The maximum Gasteiger partial charge on any atom is 0.317 e.